The average Bonchev–Trinajstić information content (AvgIpc) is 2.73. The second-order valence-electron chi connectivity index (χ2n) is 8.88. The fourth-order valence-corrected chi connectivity index (χ4v) is 5.47. The summed E-state index contributed by atoms with van der Waals surface area (Å²) in [6, 6.07) is 5.34. The van der Waals surface area contributed by atoms with E-state index in [4.69, 9.17) is 9.97 Å². The largest absolute Gasteiger partial charge is 0.394 e. The number of piperidine rings is 1. The Balaban J connectivity index is 1.58. The minimum absolute atomic E-state index is 0.000917. The van der Waals surface area contributed by atoms with Gasteiger partial charge in [-0.2, -0.15) is 4.98 Å². The summed E-state index contributed by atoms with van der Waals surface area (Å²) in [4.78, 5) is 26.7. The first-order chi connectivity index (χ1) is 14.1. The van der Waals surface area contributed by atoms with Gasteiger partial charge in [0.15, 0.2) is 0 Å². The predicted octanol–water partition coefficient (Wildman–Crippen LogP) is 1.74. The molecule has 0 aromatic carbocycles. The van der Waals surface area contributed by atoms with E-state index in [2.05, 4.69) is 11.0 Å². The van der Waals surface area contributed by atoms with Gasteiger partial charge in [-0.15, -0.1) is 0 Å². The normalized spacial score (nSPS) is 25.3. The quantitative estimate of drug-likeness (QED) is 0.853. The Kier molecular flexibility index (Phi) is 4.57. The summed E-state index contributed by atoms with van der Waals surface area (Å²) < 4.78 is 1.84. The third-order valence-electron chi connectivity index (χ3n) is 6.83. The fraction of sp³-hybridized carbons (Fsp3) is 0.591. The van der Waals surface area contributed by atoms with Crippen molar-refractivity contribution in [3.8, 4) is 0 Å². The molecule has 0 unspecified atom stereocenters. The molecule has 1 N–H and O–H groups in total. The van der Waals surface area contributed by atoms with Gasteiger partial charge in [-0.25, -0.2) is 4.98 Å². The van der Waals surface area contributed by atoms with Crippen LogP contribution in [0.1, 0.15) is 48.2 Å². The van der Waals surface area contributed by atoms with Crippen molar-refractivity contribution in [1.29, 1.82) is 0 Å². The van der Waals surface area contributed by atoms with Gasteiger partial charge in [0.05, 0.1) is 18.3 Å². The minimum Gasteiger partial charge on any atom is -0.394 e. The van der Waals surface area contributed by atoms with Gasteiger partial charge in [-0.05, 0) is 38.2 Å². The van der Waals surface area contributed by atoms with Crippen molar-refractivity contribution in [1.82, 2.24) is 14.5 Å². The molecular formula is C22H29N5O2. The van der Waals surface area contributed by atoms with E-state index in [1.807, 2.05) is 29.6 Å². The van der Waals surface area contributed by atoms with Crippen molar-refractivity contribution in [2.24, 2.45) is 5.92 Å². The Morgan fingerprint density at radius 3 is 2.79 bits per heavy atom. The summed E-state index contributed by atoms with van der Waals surface area (Å²) in [7, 11) is 3.98. The zero-order chi connectivity index (χ0) is 20.1. The second-order valence-corrected chi connectivity index (χ2v) is 8.88. The number of aromatic nitrogens is 3. The number of rotatable bonds is 3. The first-order valence-electron chi connectivity index (χ1n) is 10.7. The molecule has 1 saturated heterocycles. The molecule has 0 amide bonds. The monoisotopic (exact) mass is 395 g/mol. The van der Waals surface area contributed by atoms with Gasteiger partial charge in [0.1, 0.15) is 5.82 Å². The minimum atomic E-state index is -0.163. The second kappa shape index (κ2) is 7.13. The van der Waals surface area contributed by atoms with E-state index in [1.54, 1.807) is 6.07 Å². The summed E-state index contributed by atoms with van der Waals surface area (Å²) in [6.07, 6.45) is 5.43. The number of aryl methyl sites for hydroxylation is 1. The van der Waals surface area contributed by atoms with E-state index in [1.165, 1.54) is 24.1 Å². The Labute approximate surface area is 171 Å². The van der Waals surface area contributed by atoms with Crippen molar-refractivity contribution < 1.29 is 5.11 Å². The average molecular weight is 396 g/mol. The highest BCUT2D eigenvalue weighted by molar-refractivity contribution is 5.55. The van der Waals surface area contributed by atoms with Crippen LogP contribution in [0.15, 0.2) is 23.0 Å². The van der Waals surface area contributed by atoms with Crippen LogP contribution in [0, 0.1) is 5.92 Å². The van der Waals surface area contributed by atoms with Crippen molar-refractivity contribution in [3.05, 3.63) is 45.5 Å². The number of pyridine rings is 1. The van der Waals surface area contributed by atoms with Gasteiger partial charge in [0, 0.05) is 56.3 Å². The topological polar surface area (TPSA) is 74.5 Å². The molecule has 7 nitrogen and oxygen atoms in total. The summed E-state index contributed by atoms with van der Waals surface area (Å²) in [6.45, 7) is 1.67. The number of hydrogen-bond acceptors (Lipinski definition) is 6. The lowest BCUT2D eigenvalue weighted by atomic mass is 9.78. The van der Waals surface area contributed by atoms with Crippen molar-refractivity contribution >= 4 is 11.8 Å². The smallest absolute Gasteiger partial charge is 0.251 e. The van der Waals surface area contributed by atoms with Gasteiger partial charge in [0.2, 0.25) is 5.95 Å². The molecule has 0 spiro atoms. The van der Waals surface area contributed by atoms with Gasteiger partial charge in [-0.3, -0.25) is 4.79 Å². The predicted molar refractivity (Wildman–Crippen MR) is 113 cm³/mol. The molecule has 4 heterocycles. The third-order valence-corrected chi connectivity index (χ3v) is 6.83. The molecule has 154 valence electrons. The van der Waals surface area contributed by atoms with Gasteiger partial charge in [-0.1, -0.05) is 6.07 Å². The summed E-state index contributed by atoms with van der Waals surface area (Å²) in [5.74, 6) is 2.36. The Bertz CT molecular complexity index is 986. The molecule has 29 heavy (non-hydrogen) atoms. The Hall–Kier alpha value is -2.41. The number of anilines is 2. The molecular weight excluding hydrogens is 366 g/mol. The van der Waals surface area contributed by atoms with Crippen molar-refractivity contribution in [3.63, 3.8) is 0 Å². The molecule has 2 aliphatic heterocycles. The van der Waals surface area contributed by atoms with Crippen LogP contribution in [-0.2, 0) is 12.8 Å². The van der Waals surface area contributed by atoms with Gasteiger partial charge >= 0.3 is 0 Å². The van der Waals surface area contributed by atoms with E-state index in [9.17, 15) is 9.90 Å². The van der Waals surface area contributed by atoms with Crippen molar-refractivity contribution in [2.45, 2.75) is 44.1 Å². The molecule has 3 aliphatic rings. The summed E-state index contributed by atoms with van der Waals surface area (Å²) in [5, 5.41) is 10.1. The number of nitrogens with zero attached hydrogens (tertiary/aromatic N) is 5. The van der Waals surface area contributed by atoms with Crippen LogP contribution in [0.3, 0.4) is 0 Å². The van der Waals surface area contributed by atoms with Gasteiger partial charge in [0.25, 0.3) is 5.56 Å². The highest BCUT2D eigenvalue weighted by Gasteiger charge is 2.41. The molecule has 0 saturated carbocycles. The van der Waals surface area contributed by atoms with Crippen LogP contribution in [0.4, 0.5) is 11.8 Å². The number of hydrogen-bond donors (Lipinski definition) is 1. The van der Waals surface area contributed by atoms with Crippen LogP contribution < -0.4 is 15.4 Å². The van der Waals surface area contributed by atoms with Gasteiger partial charge < -0.3 is 19.5 Å². The van der Waals surface area contributed by atoms with Crippen molar-refractivity contribution in [2.75, 3.05) is 43.6 Å². The molecule has 3 atom stereocenters. The Morgan fingerprint density at radius 1 is 1.17 bits per heavy atom. The van der Waals surface area contributed by atoms with E-state index in [0.717, 1.165) is 49.8 Å². The molecule has 2 bridgehead atoms. The SMILES string of the molecule is CN(C)c1nc2c(c(N3C[C@H]4C[C@@H](C3)[C@H](CO)n3c4cccc3=O)n1)CCCC2. The highest BCUT2D eigenvalue weighted by Crippen LogP contribution is 2.43. The lowest BCUT2D eigenvalue weighted by molar-refractivity contribution is 0.132. The van der Waals surface area contributed by atoms with Crippen LogP contribution in [0.25, 0.3) is 0 Å². The molecule has 2 aromatic heterocycles. The first-order valence-corrected chi connectivity index (χ1v) is 10.7. The molecule has 5 rings (SSSR count). The summed E-state index contributed by atoms with van der Waals surface area (Å²) in [5.41, 5.74) is 3.54. The highest BCUT2D eigenvalue weighted by atomic mass is 16.3. The zero-order valence-electron chi connectivity index (χ0n) is 17.2. The van der Waals surface area contributed by atoms with E-state index >= 15 is 0 Å². The standard InChI is InChI=1S/C22H29N5O2/c1-25(2)22-23-17-7-4-3-6-16(17)21(24-22)26-11-14-10-15(12-26)19(13-28)27-18(14)8-5-9-20(27)29/h5,8-9,14-15,19,28H,3-4,6-7,10-13H2,1-2H3/t14-,15+,19+/m1/s1. The van der Waals surface area contributed by atoms with Crippen LogP contribution in [-0.4, -0.2) is 53.4 Å². The fourth-order valence-electron chi connectivity index (χ4n) is 5.47. The molecule has 1 aliphatic carbocycles. The van der Waals surface area contributed by atoms with E-state index in [-0.39, 0.29) is 30.0 Å². The maximum absolute atomic E-state index is 12.5. The molecule has 2 aromatic rings. The lowest BCUT2D eigenvalue weighted by Gasteiger charge is -2.47. The maximum atomic E-state index is 12.5. The molecule has 0 radical (unpaired) electrons. The van der Waals surface area contributed by atoms with Crippen LogP contribution >= 0.6 is 0 Å². The van der Waals surface area contributed by atoms with E-state index in [0.29, 0.717) is 0 Å². The number of fused-ring (bicyclic) bond motifs is 5. The maximum Gasteiger partial charge on any atom is 0.251 e. The van der Waals surface area contributed by atoms with Crippen LogP contribution in [0.2, 0.25) is 0 Å². The molecule has 1 fully saturated rings. The molecule has 7 heteroatoms. The van der Waals surface area contributed by atoms with Crippen LogP contribution in [0.5, 0.6) is 0 Å². The first kappa shape index (κ1) is 18.6. The third kappa shape index (κ3) is 3.03. The lowest BCUT2D eigenvalue weighted by Crippen LogP contribution is -2.51. The number of aliphatic hydroxyl groups excluding tert-OH is 1. The zero-order valence-corrected chi connectivity index (χ0v) is 17.2. The Morgan fingerprint density at radius 2 is 2.00 bits per heavy atom. The number of aliphatic hydroxyl groups is 1. The summed E-state index contributed by atoms with van der Waals surface area (Å²) >= 11 is 0. The van der Waals surface area contributed by atoms with E-state index < -0.39 is 0 Å².